The molecule has 1 N–H and O–H groups in total. The average Bonchev–Trinajstić information content (AvgIpc) is 3.64. The van der Waals surface area contributed by atoms with Gasteiger partial charge in [0.15, 0.2) is 0 Å². The third-order valence-corrected chi connectivity index (χ3v) is 9.16. The normalized spacial score (nSPS) is 23.9. The maximum absolute atomic E-state index is 13.0. The van der Waals surface area contributed by atoms with E-state index in [1.807, 2.05) is 24.3 Å². The molecule has 0 bridgehead atoms. The lowest BCUT2D eigenvalue weighted by molar-refractivity contribution is -0.121. The number of carbonyl (C=O) groups excluding carboxylic acids is 1. The zero-order chi connectivity index (χ0) is 24.9. The topological polar surface area (TPSA) is 29.1 Å². The molecule has 2 saturated carbocycles. The minimum atomic E-state index is -0.00101. The van der Waals surface area contributed by atoms with Gasteiger partial charge in [0.2, 0.25) is 5.91 Å². The largest absolute Gasteiger partial charge is 0.326 e. The fraction of sp³-hybridized carbons (Fsp3) is 0.581. The summed E-state index contributed by atoms with van der Waals surface area (Å²) in [5, 5.41) is 4.70. The Morgan fingerprint density at radius 1 is 1.03 bits per heavy atom. The van der Waals surface area contributed by atoms with Crippen LogP contribution in [0.15, 0.2) is 36.4 Å². The molecule has 4 rings (SSSR count). The molecule has 2 aromatic carbocycles. The first-order chi connectivity index (χ1) is 16.8. The molecule has 2 aromatic rings. The first kappa shape index (κ1) is 26.6. The number of halogens is 2. The average molecular weight is 515 g/mol. The highest BCUT2D eigenvalue weighted by atomic mass is 35.5. The summed E-state index contributed by atoms with van der Waals surface area (Å²) in [5.74, 6) is 2.70. The predicted octanol–water partition coefficient (Wildman–Crippen LogP) is 9.16. The van der Waals surface area contributed by atoms with Gasteiger partial charge in [-0.05, 0) is 116 Å². The molecule has 0 heterocycles. The molecule has 0 radical (unpaired) electrons. The van der Waals surface area contributed by atoms with E-state index in [1.165, 1.54) is 55.2 Å². The predicted molar refractivity (Wildman–Crippen MR) is 149 cm³/mol. The fourth-order valence-electron chi connectivity index (χ4n) is 5.89. The standard InChI is InChI=1S/C31H41Cl2NO/c1-4-22-15-26(16-23-12-13-23)29(30(33)17-22)18-25-8-5-7-24(14-11-20(25)2)21(3)31(35)34-28-10-6-9-27(32)19-28/h6,9-10,15,17,19-21,23-25H,4-5,7-8,11-14,16,18H2,1-3H3,(H,34,35). The minimum Gasteiger partial charge on any atom is -0.326 e. The molecule has 2 aliphatic rings. The number of anilines is 1. The van der Waals surface area contributed by atoms with Crippen LogP contribution in [0.2, 0.25) is 10.0 Å². The Bertz CT molecular complexity index is 1020. The van der Waals surface area contributed by atoms with E-state index >= 15 is 0 Å². The summed E-state index contributed by atoms with van der Waals surface area (Å²) < 4.78 is 0. The third kappa shape index (κ3) is 7.26. The Morgan fingerprint density at radius 2 is 1.83 bits per heavy atom. The molecule has 0 spiro atoms. The van der Waals surface area contributed by atoms with Crippen molar-refractivity contribution >= 4 is 34.8 Å². The van der Waals surface area contributed by atoms with E-state index in [9.17, 15) is 4.79 Å². The Morgan fingerprint density at radius 3 is 2.54 bits per heavy atom. The highest BCUT2D eigenvalue weighted by Crippen LogP contribution is 2.40. The maximum atomic E-state index is 13.0. The van der Waals surface area contributed by atoms with Gasteiger partial charge in [-0.15, -0.1) is 0 Å². The summed E-state index contributed by atoms with van der Waals surface area (Å²) in [7, 11) is 0. The molecule has 0 aromatic heterocycles. The molecular formula is C31H41Cl2NO. The summed E-state index contributed by atoms with van der Waals surface area (Å²) in [4.78, 5) is 13.0. The van der Waals surface area contributed by atoms with Gasteiger partial charge in [0.05, 0.1) is 0 Å². The minimum absolute atomic E-state index is 0.00101. The Kier molecular flexibility index (Phi) is 9.22. The van der Waals surface area contributed by atoms with Crippen molar-refractivity contribution in [3.8, 4) is 0 Å². The summed E-state index contributed by atoms with van der Waals surface area (Å²) in [6, 6.07) is 12.1. The van der Waals surface area contributed by atoms with Crippen molar-refractivity contribution in [1.82, 2.24) is 0 Å². The van der Waals surface area contributed by atoms with E-state index in [0.29, 0.717) is 22.8 Å². The lowest BCUT2D eigenvalue weighted by Gasteiger charge is -2.32. The molecule has 4 heteroatoms. The number of benzene rings is 2. The number of aryl methyl sites for hydroxylation is 1. The molecule has 0 aliphatic heterocycles. The van der Waals surface area contributed by atoms with Crippen molar-refractivity contribution in [2.45, 2.75) is 85.0 Å². The van der Waals surface area contributed by atoms with Crippen LogP contribution in [0.25, 0.3) is 0 Å². The SMILES string of the molecule is CCc1cc(Cl)c(CC2CCCC(C(C)C(=O)Nc3cccc(Cl)c3)CCC2C)c(CC2CC2)c1. The lowest BCUT2D eigenvalue weighted by atomic mass is 9.73. The number of amides is 1. The molecule has 35 heavy (non-hydrogen) atoms. The second-order valence-electron chi connectivity index (χ2n) is 11.2. The Hall–Kier alpha value is -1.51. The highest BCUT2D eigenvalue weighted by molar-refractivity contribution is 6.31. The van der Waals surface area contributed by atoms with Crippen molar-refractivity contribution in [2.24, 2.45) is 29.6 Å². The van der Waals surface area contributed by atoms with Crippen LogP contribution in [0.3, 0.4) is 0 Å². The number of nitrogens with one attached hydrogen (secondary N) is 1. The van der Waals surface area contributed by atoms with Gasteiger partial charge in [-0.3, -0.25) is 4.79 Å². The monoisotopic (exact) mass is 513 g/mol. The summed E-state index contributed by atoms with van der Waals surface area (Å²) in [6.45, 7) is 6.72. The molecular weight excluding hydrogens is 473 g/mol. The maximum Gasteiger partial charge on any atom is 0.227 e. The molecule has 190 valence electrons. The van der Waals surface area contributed by atoms with Crippen LogP contribution in [0.4, 0.5) is 5.69 Å². The van der Waals surface area contributed by atoms with Crippen LogP contribution in [-0.4, -0.2) is 5.91 Å². The van der Waals surface area contributed by atoms with E-state index in [-0.39, 0.29) is 11.8 Å². The van der Waals surface area contributed by atoms with Crippen LogP contribution < -0.4 is 5.32 Å². The van der Waals surface area contributed by atoms with E-state index in [2.05, 4.69) is 38.2 Å². The van der Waals surface area contributed by atoms with Crippen LogP contribution in [0.5, 0.6) is 0 Å². The van der Waals surface area contributed by atoms with E-state index in [4.69, 9.17) is 23.2 Å². The van der Waals surface area contributed by atoms with Crippen molar-refractivity contribution < 1.29 is 4.79 Å². The molecule has 4 atom stereocenters. The van der Waals surface area contributed by atoms with Gasteiger partial charge in [0.25, 0.3) is 0 Å². The van der Waals surface area contributed by atoms with Gasteiger partial charge in [0, 0.05) is 21.7 Å². The van der Waals surface area contributed by atoms with Gasteiger partial charge in [-0.2, -0.15) is 0 Å². The zero-order valence-corrected chi connectivity index (χ0v) is 23.1. The summed E-state index contributed by atoms with van der Waals surface area (Å²) in [6.07, 6.45) is 11.9. The highest BCUT2D eigenvalue weighted by Gasteiger charge is 2.30. The molecule has 0 saturated heterocycles. The molecule has 2 fully saturated rings. The van der Waals surface area contributed by atoms with Crippen molar-refractivity contribution in [1.29, 1.82) is 0 Å². The van der Waals surface area contributed by atoms with Gasteiger partial charge in [-0.25, -0.2) is 0 Å². The fourth-order valence-corrected chi connectivity index (χ4v) is 6.42. The Balaban J connectivity index is 1.38. The quantitative estimate of drug-likeness (QED) is 0.374. The second kappa shape index (κ2) is 12.2. The van der Waals surface area contributed by atoms with Crippen molar-refractivity contribution in [3.63, 3.8) is 0 Å². The smallest absolute Gasteiger partial charge is 0.227 e. The molecule has 1 amide bonds. The first-order valence-corrected chi connectivity index (χ1v) is 14.5. The first-order valence-electron chi connectivity index (χ1n) is 13.7. The summed E-state index contributed by atoms with van der Waals surface area (Å²) in [5.41, 5.74) is 5.07. The third-order valence-electron chi connectivity index (χ3n) is 8.59. The number of hydrogen-bond acceptors (Lipinski definition) is 1. The van der Waals surface area contributed by atoms with Crippen LogP contribution >= 0.6 is 23.2 Å². The van der Waals surface area contributed by atoms with Crippen molar-refractivity contribution in [2.75, 3.05) is 5.32 Å². The lowest BCUT2D eigenvalue weighted by Crippen LogP contribution is -2.29. The van der Waals surface area contributed by atoms with Gasteiger partial charge in [-0.1, -0.05) is 68.9 Å². The summed E-state index contributed by atoms with van der Waals surface area (Å²) >= 11 is 13.0. The number of hydrogen-bond donors (Lipinski definition) is 1. The van der Waals surface area contributed by atoms with Gasteiger partial charge >= 0.3 is 0 Å². The van der Waals surface area contributed by atoms with Crippen LogP contribution in [0, 0.1) is 29.6 Å². The van der Waals surface area contributed by atoms with E-state index in [0.717, 1.165) is 42.3 Å². The number of rotatable bonds is 8. The van der Waals surface area contributed by atoms with Crippen molar-refractivity contribution in [3.05, 3.63) is 63.1 Å². The van der Waals surface area contributed by atoms with Crippen LogP contribution in [0.1, 0.15) is 82.4 Å². The van der Waals surface area contributed by atoms with Gasteiger partial charge in [0.1, 0.15) is 0 Å². The van der Waals surface area contributed by atoms with Crippen LogP contribution in [-0.2, 0) is 24.1 Å². The van der Waals surface area contributed by atoms with E-state index < -0.39 is 0 Å². The Labute approximate surface area is 222 Å². The second-order valence-corrected chi connectivity index (χ2v) is 12.1. The van der Waals surface area contributed by atoms with Gasteiger partial charge < -0.3 is 5.32 Å². The zero-order valence-electron chi connectivity index (χ0n) is 21.6. The molecule has 2 nitrogen and oxygen atoms in total. The number of carbonyl (C=O) groups is 1. The van der Waals surface area contributed by atoms with E-state index in [1.54, 1.807) is 0 Å². The molecule has 2 aliphatic carbocycles. The molecule has 4 unspecified atom stereocenters.